The van der Waals surface area contributed by atoms with Crippen molar-refractivity contribution in [3.63, 3.8) is 0 Å². The quantitative estimate of drug-likeness (QED) is 0.730. The lowest BCUT2D eigenvalue weighted by atomic mass is 10.1. The molecule has 0 radical (unpaired) electrons. The average molecular weight is 262 g/mol. The van der Waals surface area contributed by atoms with Crippen LogP contribution in [0.3, 0.4) is 0 Å². The van der Waals surface area contributed by atoms with Gasteiger partial charge in [0.25, 0.3) is 0 Å². The van der Waals surface area contributed by atoms with Crippen LogP contribution in [0.4, 0.5) is 0 Å². The van der Waals surface area contributed by atoms with Gasteiger partial charge in [-0.2, -0.15) is 0 Å². The Balaban J connectivity index is 1.98. The second kappa shape index (κ2) is 6.60. The summed E-state index contributed by atoms with van der Waals surface area (Å²) in [4.78, 5) is 11.6. The Bertz CT molecular complexity index is 434. The molecule has 1 fully saturated rings. The van der Waals surface area contributed by atoms with Gasteiger partial charge >= 0.3 is 0 Å². The third-order valence-corrected chi connectivity index (χ3v) is 3.83. The van der Waals surface area contributed by atoms with Gasteiger partial charge in [-0.25, -0.2) is 0 Å². The van der Waals surface area contributed by atoms with Crippen LogP contribution in [0.1, 0.15) is 49.4 Å². The third kappa shape index (κ3) is 3.72. The third-order valence-electron chi connectivity index (χ3n) is 3.83. The molecule has 104 valence electrons. The van der Waals surface area contributed by atoms with Gasteiger partial charge in [0.05, 0.1) is 19.3 Å². The smallest absolute Gasteiger partial charge is 0.163 e. The first kappa shape index (κ1) is 13.9. The highest BCUT2D eigenvalue weighted by Crippen LogP contribution is 2.29. The summed E-state index contributed by atoms with van der Waals surface area (Å²) in [7, 11) is 1.62. The maximum atomic E-state index is 11.6. The Morgan fingerprint density at radius 3 is 2.68 bits per heavy atom. The van der Waals surface area contributed by atoms with Crippen LogP contribution in [0.25, 0.3) is 0 Å². The van der Waals surface area contributed by atoms with E-state index in [2.05, 4.69) is 0 Å². The maximum absolute atomic E-state index is 11.6. The first-order valence-electron chi connectivity index (χ1n) is 7.02. The van der Waals surface area contributed by atoms with Crippen molar-refractivity contribution in [1.29, 1.82) is 0 Å². The van der Waals surface area contributed by atoms with Gasteiger partial charge in [-0.05, 0) is 31.4 Å². The molecule has 0 aromatic heterocycles. The van der Waals surface area contributed by atoms with E-state index in [-0.39, 0.29) is 5.78 Å². The zero-order valence-corrected chi connectivity index (χ0v) is 11.8. The van der Waals surface area contributed by atoms with Crippen molar-refractivity contribution in [2.45, 2.75) is 39.0 Å². The van der Waals surface area contributed by atoms with Gasteiger partial charge in [0.15, 0.2) is 5.78 Å². The van der Waals surface area contributed by atoms with Crippen molar-refractivity contribution in [2.24, 2.45) is 5.92 Å². The lowest BCUT2D eigenvalue weighted by Gasteiger charge is -2.13. The van der Waals surface area contributed by atoms with Gasteiger partial charge in [0.1, 0.15) is 11.5 Å². The van der Waals surface area contributed by atoms with Gasteiger partial charge in [0.2, 0.25) is 0 Å². The van der Waals surface area contributed by atoms with E-state index < -0.39 is 0 Å². The van der Waals surface area contributed by atoms with E-state index in [9.17, 15) is 4.79 Å². The van der Waals surface area contributed by atoms with Crippen LogP contribution in [-0.4, -0.2) is 19.5 Å². The molecular weight excluding hydrogens is 240 g/mol. The number of Topliss-reactive ketones (excluding diaryl/α,β-unsaturated/α-hetero) is 1. The molecule has 0 spiro atoms. The SMILES string of the molecule is COc1ccc(C(C)=O)c(OCCC2CCCC2)c1. The van der Waals surface area contributed by atoms with Crippen molar-refractivity contribution < 1.29 is 14.3 Å². The van der Waals surface area contributed by atoms with Gasteiger partial charge < -0.3 is 9.47 Å². The van der Waals surface area contributed by atoms with E-state index in [1.165, 1.54) is 25.7 Å². The minimum atomic E-state index is 0.0264. The summed E-state index contributed by atoms with van der Waals surface area (Å²) in [5, 5.41) is 0. The maximum Gasteiger partial charge on any atom is 0.163 e. The fraction of sp³-hybridized carbons (Fsp3) is 0.562. The number of methoxy groups -OCH3 is 1. The van der Waals surface area contributed by atoms with E-state index in [1.54, 1.807) is 32.2 Å². The van der Waals surface area contributed by atoms with Crippen LogP contribution in [-0.2, 0) is 0 Å². The minimum absolute atomic E-state index is 0.0264. The topological polar surface area (TPSA) is 35.5 Å². The van der Waals surface area contributed by atoms with E-state index in [4.69, 9.17) is 9.47 Å². The molecule has 0 N–H and O–H groups in total. The lowest BCUT2D eigenvalue weighted by molar-refractivity contribution is 0.101. The second-order valence-electron chi connectivity index (χ2n) is 5.21. The summed E-state index contributed by atoms with van der Waals surface area (Å²) < 4.78 is 11.0. The van der Waals surface area contributed by atoms with Crippen molar-refractivity contribution in [1.82, 2.24) is 0 Å². The van der Waals surface area contributed by atoms with Crippen molar-refractivity contribution in [2.75, 3.05) is 13.7 Å². The van der Waals surface area contributed by atoms with Gasteiger partial charge in [-0.15, -0.1) is 0 Å². The zero-order chi connectivity index (χ0) is 13.7. The van der Waals surface area contributed by atoms with Crippen LogP contribution >= 0.6 is 0 Å². The molecule has 1 aromatic rings. The zero-order valence-electron chi connectivity index (χ0n) is 11.8. The molecule has 0 unspecified atom stereocenters. The lowest BCUT2D eigenvalue weighted by Crippen LogP contribution is -2.07. The molecule has 0 bridgehead atoms. The molecule has 3 nitrogen and oxygen atoms in total. The Labute approximate surface area is 114 Å². The number of hydrogen-bond acceptors (Lipinski definition) is 3. The molecule has 0 saturated heterocycles. The number of carbonyl (C=O) groups excluding carboxylic acids is 1. The Morgan fingerprint density at radius 2 is 2.05 bits per heavy atom. The first-order chi connectivity index (χ1) is 9.20. The molecule has 1 saturated carbocycles. The summed E-state index contributed by atoms with van der Waals surface area (Å²) in [6.07, 6.45) is 6.42. The highest BCUT2D eigenvalue weighted by molar-refractivity contribution is 5.97. The molecule has 2 rings (SSSR count). The van der Waals surface area contributed by atoms with Crippen molar-refractivity contribution in [3.05, 3.63) is 23.8 Å². The Morgan fingerprint density at radius 1 is 1.32 bits per heavy atom. The Kier molecular flexibility index (Phi) is 4.83. The highest BCUT2D eigenvalue weighted by Gasteiger charge is 2.15. The first-order valence-corrected chi connectivity index (χ1v) is 7.02. The molecule has 3 heteroatoms. The largest absolute Gasteiger partial charge is 0.497 e. The van der Waals surface area contributed by atoms with E-state index in [0.29, 0.717) is 17.9 Å². The molecule has 1 aliphatic rings. The number of ether oxygens (including phenoxy) is 2. The summed E-state index contributed by atoms with van der Waals surface area (Å²) in [6, 6.07) is 5.36. The molecule has 0 aliphatic heterocycles. The van der Waals surface area contributed by atoms with E-state index >= 15 is 0 Å². The molecule has 0 heterocycles. The molecule has 0 amide bonds. The fourth-order valence-electron chi connectivity index (χ4n) is 2.67. The molecule has 19 heavy (non-hydrogen) atoms. The van der Waals surface area contributed by atoms with E-state index in [1.807, 2.05) is 0 Å². The predicted octanol–water partition coefficient (Wildman–Crippen LogP) is 3.86. The van der Waals surface area contributed by atoms with Crippen LogP contribution in [0.15, 0.2) is 18.2 Å². The van der Waals surface area contributed by atoms with Gasteiger partial charge in [-0.1, -0.05) is 25.7 Å². The van der Waals surface area contributed by atoms with Crippen molar-refractivity contribution in [3.8, 4) is 11.5 Å². The standard InChI is InChI=1S/C16H22O3/c1-12(17)15-8-7-14(18-2)11-16(15)19-10-9-13-5-3-4-6-13/h7-8,11,13H,3-6,9-10H2,1-2H3. The normalized spacial score (nSPS) is 15.5. The summed E-state index contributed by atoms with van der Waals surface area (Å²) in [6.45, 7) is 2.24. The fourth-order valence-corrected chi connectivity index (χ4v) is 2.67. The predicted molar refractivity (Wildman–Crippen MR) is 75.1 cm³/mol. The Hall–Kier alpha value is -1.51. The highest BCUT2D eigenvalue weighted by atomic mass is 16.5. The molecule has 1 aliphatic carbocycles. The monoisotopic (exact) mass is 262 g/mol. The summed E-state index contributed by atoms with van der Waals surface area (Å²) in [5.41, 5.74) is 0.632. The van der Waals surface area contributed by atoms with Crippen LogP contribution < -0.4 is 9.47 Å². The summed E-state index contributed by atoms with van der Waals surface area (Å²) in [5.74, 6) is 2.19. The van der Waals surface area contributed by atoms with Crippen LogP contribution in [0, 0.1) is 5.92 Å². The number of benzene rings is 1. The van der Waals surface area contributed by atoms with Crippen LogP contribution in [0.2, 0.25) is 0 Å². The molecular formula is C16H22O3. The number of ketones is 1. The van der Waals surface area contributed by atoms with E-state index in [0.717, 1.165) is 18.1 Å². The average Bonchev–Trinajstić information content (AvgIpc) is 2.91. The van der Waals surface area contributed by atoms with Crippen molar-refractivity contribution >= 4 is 5.78 Å². The second-order valence-corrected chi connectivity index (χ2v) is 5.21. The summed E-state index contributed by atoms with van der Waals surface area (Å²) >= 11 is 0. The van der Waals surface area contributed by atoms with Gasteiger partial charge in [0, 0.05) is 6.07 Å². The molecule has 1 aromatic carbocycles. The number of carbonyl (C=O) groups is 1. The minimum Gasteiger partial charge on any atom is -0.497 e. The number of hydrogen-bond donors (Lipinski definition) is 0. The van der Waals surface area contributed by atoms with Crippen LogP contribution in [0.5, 0.6) is 11.5 Å². The molecule has 0 atom stereocenters. The number of rotatable bonds is 6. The van der Waals surface area contributed by atoms with Gasteiger partial charge in [-0.3, -0.25) is 4.79 Å².